The van der Waals surface area contributed by atoms with Gasteiger partial charge in [0.1, 0.15) is 5.75 Å². The first kappa shape index (κ1) is 17.7. The van der Waals surface area contributed by atoms with Crippen LogP contribution in [0, 0.1) is 0 Å². The Bertz CT molecular complexity index is 771. The summed E-state index contributed by atoms with van der Waals surface area (Å²) in [6, 6.07) is 11.8. The number of halogens is 1. The molecule has 6 heteroatoms. The minimum atomic E-state index is -0.568. The third-order valence-electron chi connectivity index (χ3n) is 4.26. The van der Waals surface area contributed by atoms with E-state index < -0.39 is 5.97 Å². The second-order valence-electron chi connectivity index (χ2n) is 6.10. The molecule has 1 saturated carbocycles. The van der Waals surface area contributed by atoms with E-state index >= 15 is 0 Å². The number of carbonyl (C=O) groups is 2. The minimum absolute atomic E-state index is 0.219. The van der Waals surface area contributed by atoms with E-state index in [-0.39, 0.29) is 25.2 Å². The van der Waals surface area contributed by atoms with E-state index in [0.29, 0.717) is 5.75 Å². The molecule has 0 spiro atoms. The molecule has 0 unspecified atom stereocenters. The van der Waals surface area contributed by atoms with Crippen LogP contribution in [0.15, 0.2) is 40.9 Å². The molecular formula is C19H20BrNO4. The van der Waals surface area contributed by atoms with Gasteiger partial charge in [0.2, 0.25) is 0 Å². The Labute approximate surface area is 154 Å². The summed E-state index contributed by atoms with van der Waals surface area (Å²) in [6.07, 6.45) is 4.27. The lowest BCUT2D eigenvalue weighted by Gasteiger charge is -2.12. The van der Waals surface area contributed by atoms with E-state index in [2.05, 4.69) is 21.2 Å². The van der Waals surface area contributed by atoms with Crippen molar-refractivity contribution in [3.63, 3.8) is 0 Å². The lowest BCUT2D eigenvalue weighted by Crippen LogP contribution is -2.36. The smallest absolute Gasteiger partial charge is 0.344 e. The van der Waals surface area contributed by atoms with Crippen LogP contribution in [-0.4, -0.2) is 31.1 Å². The van der Waals surface area contributed by atoms with Gasteiger partial charge in [-0.15, -0.1) is 0 Å². The number of ether oxygens (including phenoxy) is 2. The van der Waals surface area contributed by atoms with Gasteiger partial charge >= 0.3 is 5.97 Å². The molecule has 1 amide bonds. The van der Waals surface area contributed by atoms with Crippen molar-refractivity contribution >= 4 is 38.6 Å². The van der Waals surface area contributed by atoms with Crippen molar-refractivity contribution in [2.45, 2.75) is 31.7 Å². The van der Waals surface area contributed by atoms with Crippen LogP contribution < -0.4 is 10.1 Å². The van der Waals surface area contributed by atoms with E-state index in [0.717, 1.165) is 40.9 Å². The van der Waals surface area contributed by atoms with Crippen molar-refractivity contribution in [1.29, 1.82) is 0 Å². The second-order valence-corrected chi connectivity index (χ2v) is 6.89. The molecule has 1 N–H and O–H groups in total. The molecule has 25 heavy (non-hydrogen) atoms. The van der Waals surface area contributed by atoms with Crippen LogP contribution in [-0.2, 0) is 14.3 Å². The molecule has 0 aliphatic heterocycles. The first-order valence-electron chi connectivity index (χ1n) is 8.38. The maximum atomic E-state index is 11.8. The highest BCUT2D eigenvalue weighted by Crippen LogP contribution is 2.32. The molecule has 0 heterocycles. The molecule has 0 bridgehead atoms. The van der Waals surface area contributed by atoms with Crippen LogP contribution in [0.2, 0.25) is 0 Å². The summed E-state index contributed by atoms with van der Waals surface area (Å²) in [5.41, 5.74) is 0. The second kappa shape index (κ2) is 8.34. The zero-order valence-corrected chi connectivity index (χ0v) is 15.4. The maximum Gasteiger partial charge on any atom is 0.344 e. The number of hydrogen-bond donors (Lipinski definition) is 1. The Morgan fingerprint density at radius 3 is 2.64 bits per heavy atom. The standard InChI is InChI=1S/C19H20BrNO4/c20-19-15-8-4-1-5-13(15)9-10-16(19)24-12-18(23)25-11-17(22)21-14-6-2-3-7-14/h1,4-5,8-10,14H,2-3,6-7,11-12H2,(H,21,22). The lowest BCUT2D eigenvalue weighted by atomic mass is 10.1. The summed E-state index contributed by atoms with van der Waals surface area (Å²) >= 11 is 3.50. The summed E-state index contributed by atoms with van der Waals surface area (Å²) in [7, 11) is 0. The van der Waals surface area contributed by atoms with Crippen LogP contribution in [0.25, 0.3) is 10.8 Å². The van der Waals surface area contributed by atoms with Crippen LogP contribution in [0.4, 0.5) is 0 Å². The van der Waals surface area contributed by atoms with Crippen molar-refractivity contribution in [3.8, 4) is 5.75 Å². The van der Waals surface area contributed by atoms with Gasteiger partial charge in [0, 0.05) is 6.04 Å². The molecule has 0 radical (unpaired) electrons. The largest absolute Gasteiger partial charge is 0.481 e. The molecule has 0 atom stereocenters. The number of hydrogen-bond acceptors (Lipinski definition) is 4. The zero-order valence-electron chi connectivity index (χ0n) is 13.8. The number of benzene rings is 2. The fraction of sp³-hybridized carbons (Fsp3) is 0.368. The summed E-state index contributed by atoms with van der Waals surface area (Å²) in [4.78, 5) is 23.5. The van der Waals surface area contributed by atoms with Gasteiger partial charge in [-0.2, -0.15) is 0 Å². The Kier molecular flexibility index (Phi) is 5.91. The van der Waals surface area contributed by atoms with E-state index in [1.54, 1.807) is 6.07 Å². The van der Waals surface area contributed by atoms with Crippen LogP contribution in [0.1, 0.15) is 25.7 Å². The Balaban J connectivity index is 1.47. The Morgan fingerprint density at radius 2 is 1.84 bits per heavy atom. The summed E-state index contributed by atoms with van der Waals surface area (Å²) in [5.74, 6) is -0.264. The van der Waals surface area contributed by atoms with Gasteiger partial charge in [-0.3, -0.25) is 4.79 Å². The van der Waals surface area contributed by atoms with E-state index in [1.165, 1.54) is 0 Å². The van der Waals surface area contributed by atoms with Gasteiger partial charge in [0.05, 0.1) is 4.47 Å². The molecule has 0 saturated heterocycles. The first-order chi connectivity index (χ1) is 12.1. The van der Waals surface area contributed by atoms with Crippen molar-refractivity contribution < 1.29 is 19.1 Å². The van der Waals surface area contributed by atoms with Crippen LogP contribution in [0.5, 0.6) is 5.75 Å². The van der Waals surface area contributed by atoms with Crippen molar-refractivity contribution in [3.05, 3.63) is 40.9 Å². The number of fused-ring (bicyclic) bond motifs is 1. The number of esters is 1. The highest BCUT2D eigenvalue weighted by molar-refractivity contribution is 9.10. The Morgan fingerprint density at radius 1 is 1.08 bits per heavy atom. The van der Waals surface area contributed by atoms with Gasteiger partial charge in [-0.1, -0.05) is 43.2 Å². The lowest BCUT2D eigenvalue weighted by molar-refractivity contribution is -0.150. The fourth-order valence-electron chi connectivity index (χ4n) is 2.99. The quantitative estimate of drug-likeness (QED) is 0.745. The summed E-state index contributed by atoms with van der Waals surface area (Å²) < 4.78 is 11.3. The van der Waals surface area contributed by atoms with Crippen LogP contribution in [0.3, 0.4) is 0 Å². The highest BCUT2D eigenvalue weighted by atomic mass is 79.9. The van der Waals surface area contributed by atoms with Gasteiger partial charge < -0.3 is 14.8 Å². The molecule has 1 aliphatic rings. The number of carbonyl (C=O) groups excluding carboxylic acids is 2. The van der Waals surface area contributed by atoms with E-state index in [4.69, 9.17) is 9.47 Å². The molecule has 3 rings (SSSR count). The number of nitrogens with one attached hydrogen (secondary N) is 1. The minimum Gasteiger partial charge on any atom is -0.481 e. The maximum absolute atomic E-state index is 11.8. The molecular weight excluding hydrogens is 386 g/mol. The molecule has 132 valence electrons. The van der Waals surface area contributed by atoms with Gasteiger partial charge in [-0.25, -0.2) is 4.79 Å². The first-order valence-corrected chi connectivity index (χ1v) is 9.18. The molecule has 1 fully saturated rings. The van der Waals surface area contributed by atoms with E-state index in [1.807, 2.05) is 30.3 Å². The van der Waals surface area contributed by atoms with Crippen molar-refractivity contribution in [2.24, 2.45) is 0 Å². The average molecular weight is 406 g/mol. The molecule has 2 aromatic carbocycles. The predicted molar refractivity (Wildman–Crippen MR) is 98.5 cm³/mol. The van der Waals surface area contributed by atoms with Gasteiger partial charge in [0.25, 0.3) is 5.91 Å². The Hall–Kier alpha value is -2.08. The molecule has 2 aromatic rings. The van der Waals surface area contributed by atoms with Crippen molar-refractivity contribution in [1.82, 2.24) is 5.32 Å². The predicted octanol–water partition coefficient (Wildman–Crippen LogP) is 3.58. The van der Waals surface area contributed by atoms with Gasteiger partial charge in [0.15, 0.2) is 13.2 Å². The topological polar surface area (TPSA) is 64.6 Å². The average Bonchev–Trinajstić information content (AvgIpc) is 3.12. The number of amides is 1. The highest BCUT2D eigenvalue weighted by Gasteiger charge is 2.18. The fourth-order valence-corrected chi connectivity index (χ4v) is 3.60. The third-order valence-corrected chi connectivity index (χ3v) is 5.08. The SMILES string of the molecule is O=C(COC(=O)COc1ccc2ccccc2c1Br)NC1CCCC1. The molecule has 1 aliphatic carbocycles. The van der Waals surface area contributed by atoms with Crippen LogP contribution >= 0.6 is 15.9 Å². The normalized spacial score (nSPS) is 14.4. The molecule has 0 aromatic heterocycles. The monoisotopic (exact) mass is 405 g/mol. The number of rotatable bonds is 6. The van der Waals surface area contributed by atoms with E-state index in [9.17, 15) is 9.59 Å². The molecule has 5 nitrogen and oxygen atoms in total. The van der Waals surface area contributed by atoms with Crippen molar-refractivity contribution in [2.75, 3.05) is 13.2 Å². The third kappa shape index (κ3) is 4.72. The summed E-state index contributed by atoms with van der Waals surface area (Å²) in [6.45, 7) is -0.509. The summed E-state index contributed by atoms with van der Waals surface area (Å²) in [5, 5.41) is 4.95. The zero-order chi connectivity index (χ0) is 17.6. The van der Waals surface area contributed by atoms with Gasteiger partial charge in [-0.05, 0) is 45.6 Å².